The van der Waals surface area contributed by atoms with Crippen LogP contribution >= 0.6 is 11.3 Å². The van der Waals surface area contributed by atoms with Gasteiger partial charge in [0.2, 0.25) is 5.91 Å². The van der Waals surface area contributed by atoms with Crippen molar-refractivity contribution in [3.05, 3.63) is 47.4 Å². The zero-order chi connectivity index (χ0) is 19.8. The van der Waals surface area contributed by atoms with Crippen molar-refractivity contribution < 1.29 is 4.79 Å². The number of rotatable bonds is 6. The summed E-state index contributed by atoms with van der Waals surface area (Å²) in [5, 5.41) is 4.00. The zero-order valence-electron chi connectivity index (χ0n) is 16.6. The SMILES string of the molecule is CCc1nc(C2CC2)nc2nc(N3CCC[C@@H]3C(=O)NCc3ccccc3)sc12. The molecule has 1 aliphatic carbocycles. The van der Waals surface area contributed by atoms with E-state index in [1.807, 2.05) is 30.3 Å². The number of aryl methyl sites for hydroxylation is 1. The van der Waals surface area contributed by atoms with E-state index in [0.717, 1.165) is 58.4 Å². The van der Waals surface area contributed by atoms with Gasteiger partial charge >= 0.3 is 0 Å². The van der Waals surface area contributed by atoms with Crippen LogP contribution in [0.15, 0.2) is 30.3 Å². The van der Waals surface area contributed by atoms with E-state index in [9.17, 15) is 4.79 Å². The Bertz CT molecular complexity index is 1030. The van der Waals surface area contributed by atoms with Crippen molar-refractivity contribution in [2.75, 3.05) is 11.4 Å². The fourth-order valence-electron chi connectivity index (χ4n) is 3.95. The molecule has 150 valence electrons. The highest BCUT2D eigenvalue weighted by Gasteiger charge is 2.33. The van der Waals surface area contributed by atoms with Crippen LogP contribution in [0.3, 0.4) is 0 Å². The summed E-state index contributed by atoms with van der Waals surface area (Å²) in [6, 6.07) is 9.87. The second kappa shape index (κ2) is 7.71. The lowest BCUT2D eigenvalue weighted by atomic mass is 10.2. The molecule has 0 unspecified atom stereocenters. The van der Waals surface area contributed by atoms with Crippen LogP contribution in [0.4, 0.5) is 5.13 Å². The van der Waals surface area contributed by atoms with Crippen LogP contribution in [-0.4, -0.2) is 33.4 Å². The predicted octanol–water partition coefficient (Wildman–Crippen LogP) is 3.81. The zero-order valence-corrected chi connectivity index (χ0v) is 17.4. The van der Waals surface area contributed by atoms with Gasteiger partial charge in [0, 0.05) is 19.0 Å². The number of nitrogens with zero attached hydrogens (tertiary/aromatic N) is 4. The lowest BCUT2D eigenvalue weighted by Crippen LogP contribution is -2.43. The fraction of sp³-hybridized carbons (Fsp3) is 0.455. The minimum atomic E-state index is -0.166. The summed E-state index contributed by atoms with van der Waals surface area (Å²) in [5.41, 5.74) is 3.00. The van der Waals surface area contributed by atoms with Crippen molar-refractivity contribution in [2.45, 2.75) is 57.5 Å². The summed E-state index contributed by atoms with van der Waals surface area (Å²) < 4.78 is 1.07. The molecular formula is C22H25N5OS. The topological polar surface area (TPSA) is 71.0 Å². The minimum Gasteiger partial charge on any atom is -0.350 e. The molecule has 6 nitrogen and oxygen atoms in total. The van der Waals surface area contributed by atoms with Gasteiger partial charge in [0.1, 0.15) is 11.9 Å². The lowest BCUT2D eigenvalue weighted by Gasteiger charge is -2.23. The van der Waals surface area contributed by atoms with Gasteiger partial charge in [-0.25, -0.2) is 9.97 Å². The molecule has 3 heterocycles. The number of thiazole rings is 1. The van der Waals surface area contributed by atoms with E-state index in [-0.39, 0.29) is 11.9 Å². The summed E-state index contributed by atoms with van der Waals surface area (Å²) in [5.74, 6) is 1.54. The summed E-state index contributed by atoms with van der Waals surface area (Å²) >= 11 is 1.63. The van der Waals surface area contributed by atoms with Crippen molar-refractivity contribution >= 4 is 32.7 Å². The van der Waals surface area contributed by atoms with Crippen LogP contribution in [0.2, 0.25) is 0 Å². The number of nitrogens with one attached hydrogen (secondary N) is 1. The van der Waals surface area contributed by atoms with Gasteiger partial charge in [0.05, 0.1) is 10.4 Å². The minimum absolute atomic E-state index is 0.0751. The summed E-state index contributed by atoms with van der Waals surface area (Å²) in [7, 11) is 0. The highest BCUT2D eigenvalue weighted by Crippen LogP contribution is 2.40. The standard InChI is InChI=1S/C22H25N5OS/c1-2-16-18-20(25-19(24-16)15-10-11-15)26-22(29-18)27-12-6-9-17(27)21(28)23-13-14-7-4-3-5-8-14/h3-5,7-8,15,17H,2,6,9-13H2,1H3,(H,23,28)/t17-/m1/s1. The maximum atomic E-state index is 12.9. The largest absolute Gasteiger partial charge is 0.350 e. The molecule has 2 aliphatic rings. The van der Waals surface area contributed by atoms with Crippen molar-refractivity contribution in [1.29, 1.82) is 0 Å². The van der Waals surface area contributed by atoms with E-state index in [4.69, 9.17) is 15.0 Å². The molecule has 1 saturated carbocycles. The van der Waals surface area contributed by atoms with Gasteiger partial charge in [-0.15, -0.1) is 0 Å². The van der Waals surface area contributed by atoms with Crippen LogP contribution < -0.4 is 10.2 Å². The van der Waals surface area contributed by atoms with Crippen molar-refractivity contribution in [3.63, 3.8) is 0 Å². The number of fused-ring (bicyclic) bond motifs is 1. The Morgan fingerprint density at radius 1 is 1.17 bits per heavy atom. The van der Waals surface area contributed by atoms with Gasteiger partial charge < -0.3 is 10.2 Å². The first kappa shape index (κ1) is 18.5. The van der Waals surface area contributed by atoms with Crippen molar-refractivity contribution in [2.24, 2.45) is 0 Å². The van der Waals surface area contributed by atoms with Gasteiger partial charge in [0.15, 0.2) is 10.8 Å². The molecule has 29 heavy (non-hydrogen) atoms. The maximum absolute atomic E-state index is 12.9. The quantitative estimate of drug-likeness (QED) is 0.673. The van der Waals surface area contributed by atoms with E-state index >= 15 is 0 Å². The number of hydrogen-bond donors (Lipinski definition) is 1. The number of benzene rings is 1. The molecule has 5 rings (SSSR count). The average molecular weight is 408 g/mol. The third-order valence-electron chi connectivity index (χ3n) is 5.72. The van der Waals surface area contributed by atoms with Gasteiger partial charge in [-0.3, -0.25) is 4.79 Å². The molecule has 1 aliphatic heterocycles. The Kier molecular flexibility index (Phi) is 4.91. The normalized spacial score (nSPS) is 19.1. The van der Waals surface area contributed by atoms with Crippen LogP contribution in [-0.2, 0) is 17.8 Å². The smallest absolute Gasteiger partial charge is 0.243 e. The molecule has 0 radical (unpaired) electrons. The molecular weight excluding hydrogens is 382 g/mol. The number of carbonyl (C=O) groups excluding carboxylic acids is 1. The molecule has 2 fully saturated rings. The molecule has 1 aromatic carbocycles. The second-order valence-electron chi connectivity index (χ2n) is 7.86. The lowest BCUT2D eigenvalue weighted by molar-refractivity contribution is -0.122. The van der Waals surface area contributed by atoms with Crippen molar-refractivity contribution in [3.8, 4) is 0 Å². The van der Waals surface area contributed by atoms with E-state index in [1.54, 1.807) is 11.3 Å². The molecule has 3 aromatic rings. The first-order valence-corrected chi connectivity index (χ1v) is 11.3. The molecule has 0 spiro atoms. The van der Waals surface area contributed by atoms with Crippen LogP contribution in [0.1, 0.15) is 55.6 Å². The number of hydrogen-bond acceptors (Lipinski definition) is 6. The Morgan fingerprint density at radius 3 is 2.76 bits per heavy atom. The molecule has 0 bridgehead atoms. The van der Waals surface area contributed by atoms with Crippen LogP contribution in [0.5, 0.6) is 0 Å². The Balaban J connectivity index is 1.37. The van der Waals surface area contributed by atoms with E-state index in [2.05, 4.69) is 17.1 Å². The first-order valence-electron chi connectivity index (χ1n) is 10.5. The van der Waals surface area contributed by atoms with Crippen molar-refractivity contribution in [1.82, 2.24) is 20.3 Å². The Morgan fingerprint density at radius 2 is 2.00 bits per heavy atom. The monoisotopic (exact) mass is 407 g/mol. The number of anilines is 1. The van der Waals surface area contributed by atoms with Crippen LogP contribution in [0.25, 0.3) is 10.3 Å². The summed E-state index contributed by atoms with van der Waals surface area (Å²) in [6.45, 7) is 3.54. The summed E-state index contributed by atoms with van der Waals surface area (Å²) in [6.07, 6.45) is 5.10. The number of carbonyl (C=O) groups is 1. The van der Waals surface area contributed by atoms with Gasteiger partial charge in [0.25, 0.3) is 0 Å². The Hall–Kier alpha value is -2.54. The third kappa shape index (κ3) is 3.71. The molecule has 2 aromatic heterocycles. The fourth-order valence-corrected chi connectivity index (χ4v) is 5.09. The van der Waals surface area contributed by atoms with Crippen LogP contribution in [0, 0.1) is 0 Å². The summed E-state index contributed by atoms with van der Waals surface area (Å²) in [4.78, 5) is 29.4. The molecule has 7 heteroatoms. The number of aromatic nitrogens is 3. The van der Waals surface area contributed by atoms with E-state index in [1.165, 1.54) is 12.8 Å². The van der Waals surface area contributed by atoms with Gasteiger partial charge in [-0.1, -0.05) is 48.6 Å². The van der Waals surface area contributed by atoms with E-state index < -0.39 is 0 Å². The number of amides is 1. The second-order valence-corrected chi connectivity index (χ2v) is 8.84. The first-order chi connectivity index (χ1) is 14.2. The van der Waals surface area contributed by atoms with Gasteiger partial charge in [-0.05, 0) is 37.7 Å². The Labute approximate surface area is 174 Å². The average Bonchev–Trinajstić information content (AvgIpc) is 3.33. The molecule has 1 N–H and O–H groups in total. The third-order valence-corrected chi connectivity index (χ3v) is 6.85. The highest BCUT2D eigenvalue weighted by atomic mass is 32.1. The predicted molar refractivity (Wildman–Crippen MR) is 115 cm³/mol. The maximum Gasteiger partial charge on any atom is 0.243 e. The van der Waals surface area contributed by atoms with Gasteiger partial charge in [-0.2, -0.15) is 4.98 Å². The molecule has 1 amide bonds. The molecule has 1 atom stereocenters. The highest BCUT2D eigenvalue weighted by molar-refractivity contribution is 7.22. The van der Waals surface area contributed by atoms with E-state index in [0.29, 0.717) is 12.5 Å². The molecule has 1 saturated heterocycles.